The Labute approximate surface area is 128 Å². The smallest absolute Gasteiger partial charge is 0.0292 e. The van der Waals surface area contributed by atoms with Crippen molar-refractivity contribution < 1.29 is 0 Å². The molecule has 0 saturated heterocycles. The van der Waals surface area contributed by atoms with Crippen LogP contribution in [0.5, 0.6) is 0 Å². The van der Waals surface area contributed by atoms with Crippen molar-refractivity contribution in [2.75, 3.05) is 6.54 Å². The standard InChI is InChI=1S/C20H25N/c1-14(21-13-20(2,3)4)15-9-10-19-17(11-15)12-16-7-5-6-8-18(16)19/h5-11,14,21H,12-13H2,1-4H3. The first-order chi connectivity index (χ1) is 9.94. The predicted molar refractivity (Wildman–Crippen MR) is 90.6 cm³/mol. The quantitative estimate of drug-likeness (QED) is 0.715. The zero-order chi connectivity index (χ0) is 15.0. The molecule has 1 aliphatic rings. The minimum atomic E-state index is 0.321. The van der Waals surface area contributed by atoms with Crippen LogP contribution in [0, 0.1) is 5.41 Å². The zero-order valence-electron chi connectivity index (χ0n) is 13.5. The molecule has 1 aliphatic carbocycles. The van der Waals surface area contributed by atoms with E-state index in [9.17, 15) is 0 Å². The van der Waals surface area contributed by atoms with Gasteiger partial charge in [-0.05, 0) is 46.6 Å². The molecular weight excluding hydrogens is 254 g/mol. The third-order valence-corrected chi connectivity index (χ3v) is 4.26. The van der Waals surface area contributed by atoms with Crippen molar-refractivity contribution in [3.8, 4) is 11.1 Å². The lowest BCUT2D eigenvalue weighted by Crippen LogP contribution is -2.29. The minimum Gasteiger partial charge on any atom is -0.310 e. The molecule has 0 spiro atoms. The van der Waals surface area contributed by atoms with Gasteiger partial charge in [-0.25, -0.2) is 0 Å². The number of nitrogens with one attached hydrogen (secondary N) is 1. The number of hydrogen-bond acceptors (Lipinski definition) is 1. The predicted octanol–water partition coefficient (Wildman–Crippen LogP) is 4.95. The fraction of sp³-hybridized carbons (Fsp3) is 0.400. The van der Waals surface area contributed by atoms with E-state index >= 15 is 0 Å². The van der Waals surface area contributed by atoms with Crippen molar-refractivity contribution >= 4 is 0 Å². The summed E-state index contributed by atoms with van der Waals surface area (Å²) in [6.07, 6.45) is 1.07. The highest BCUT2D eigenvalue weighted by molar-refractivity contribution is 5.76. The van der Waals surface area contributed by atoms with E-state index in [0.717, 1.165) is 13.0 Å². The van der Waals surface area contributed by atoms with Crippen LogP contribution in [-0.4, -0.2) is 6.54 Å². The van der Waals surface area contributed by atoms with E-state index in [1.54, 1.807) is 0 Å². The zero-order valence-corrected chi connectivity index (χ0v) is 13.5. The summed E-state index contributed by atoms with van der Waals surface area (Å²) < 4.78 is 0. The lowest BCUT2D eigenvalue weighted by Gasteiger charge is -2.23. The molecule has 0 fully saturated rings. The van der Waals surface area contributed by atoms with E-state index in [-0.39, 0.29) is 0 Å². The molecule has 0 saturated carbocycles. The normalized spacial score (nSPS) is 14.7. The molecule has 1 unspecified atom stereocenters. The maximum atomic E-state index is 3.65. The average molecular weight is 279 g/mol. The van der Waals surface area contributed by atoms with Crippen molar-refractivity contribution in [3.05, 3.63) is 59.2 Å². The maximum absolute atomic E-state index is 3.65. The van der Waals surface area contributed by atoms with E-state index < -0.39 is 0 Å². The van der Waals surface area contributed by atoms with Gasteiger partial charge in [-0.3, -0.25) is 0 Å². The van der Waals surface area contributed by atoms with Crippen LogP contribution < -0.4 is 5.32 Å². The molecule has 0 amide bonds. The Kier molecular flexibility index (Phi) is 3.62. The summed E-state index contributed by atoms with van der Waals surface area (Å²) in [4.78, 5) is 0. The van der Waals surface area contributed by atoms with Gasteiger partial charge in [-0.1, -0.05) is 63.2 Å². The SMILES string of the molecule is CC(NCC(C)(C)C)c1ccc2c(c1)Cc1ccccc1-2. The van der Waals surface area contributed by atoms with Crippen LogP contribution in [-0.2, 0) is 6.42 Å². The van der Waals surface area contributed by atoms with Gasteiger partial charge in [0.1, 0.15) is 0 Å². The first-order valence-corrected chi connectivity index (χ1v) is 7.88. The molecule has 2 aromatic carbocycles. The van der Waals surface area contributed by atoms with Crippen molar-refractivity contribution in [2.24, 2.45) is 5.41 Å². The molecule has 3 rings (SSSR count). The van der Waals surface area contributed by atoms with Crippen LogP contribution >= 0.6 is 0 Å². The summed E-state index contributed by atoms with van der Waals surface area (Å²) >= 11 is 0. The summed E-state index contributed by atoms with van der Waals surface area (Å²) in [7, 11) is 0. The Morgan fingerprint density at radius 2 is 1.71 bits per heavy atom. The van der Waals surface area contributed by atoms with E-state index in [1.807, 2.05) is 0 Å². The second-order valence-electron chi connectivity index (χ2n) is 7.41. The van der Waals surface area contributed by atoms with E-state index in [1.165, 1.54) is 27.8 Å². The highest BCUT2D eigenvalue weighted by atomic mass is 14.9. The van der Waals surface area contributed by atoms with Gasteiger partial charge < -0.3 is 5.32 Å². The Balaban J connectivity index is 1.81. The van der Waals surface area contributed by atoms with E-state index in [2.05, 4.69) is 75.5 Å². The molecule has 0 bridgehead atoms. The Morgan fingerprint density at radius 3 is 2.48 bits per heavy atom. The third-order valence-electron chi connectivity index (χ3n) is 4.26. The molecule has 1 atom stereocenters. The minimum absolute atomic E-state index is 0.321. The fourth-order valence-corrected chi connectivity index (χ4v) is 3.01. The van der Waals surface area contributed by atoms with Gasteiger partial charge in [0.25, 0.3) is 0 Å². The topological polar surface area (TPSA) is 12.0 Å². The molecule has 1 nitrogen and oxygen atoms in total. The first kappa shape index (κ1) is 14.3. The largest absolute Gasteiger partial charge is 0.310 e. The van der Waals surface area contributed by atoms with Crippen molar-refractivity contribution in [3.63, 3.8) is 0 Å². The average Bonchev–Trinajstić information content (AvgIpc) is 2.81. The molecule has 0 radical (unpaired) electrons. The maximum Gasteiger partial charge on any atom is 0.0292 e. The first-order valence-electron chi connectivity index (χ1n) is 7.88. The number of fused-ring (bicyclic) bond motifs is 3. The lowest BCUT2D eigenvalue weighted by atomic mass is 9.95. The van der Waals surface area contributed by atoms with Gasteiger partial charge in [-0.15, -0.1) is 0 Å². The second-order valence-corrected chi connectivity index (χ2v) is 7.41. The Bertz CT molecular complexity index is 649. The third kappa shape index (κ3) is 3.03. The van der Waals surface area contributed by atoms with Crippen LogP contribution in [0.25, 0.3) is 11.1 Å². The second kappa shape index (κ2) is 5.31. The molecule has 0 heterocycles. The summed E-state index contributed by atoms with van der Waals surface area (Å²) in [5, 5.41) is 3.65. The van der Waals surface area contributed by atoms with Gasteiger partial charge in [0.2, 0.25) is 0 Å². The van der Waals surface area contributed by atoms with Crippen molar-refractivity contribution in [1.29, 1.82) is 0 Å². The number of rotatable bonds is 3. The van der Waals surface area contributed by atoms with E-state index in [4.69, 9.17) is 0 Å². The van der Waals surface area contributed by atoms with E-state index in [0.29, 0.717) is 11.5 Å². The molecular formula is C20H25N. The molecule has 2 aromatic rings. The van der Waals surface area contributed by atoms with Crippen molar-refractivity contribution in [1.82, 2.24) is 5.32 Å². The molecule has 1 N–H and O–H groups in total. The van der Waals surface area contributed by atoms with Crippen LogP contribution in [0.15, 0.2) is 42.5 Å². The summed E-state index contributed by atoms with van der Waals surface area (Å²) in [5.74, 6) is 0. The van der Waals surface area contributed by atoms with Crippen LogP contribution in [0.2, 0.25) is 0 Å². The highest BCUT2D eigenvalue weighted by Gasteiger charge is 2.19. The van der Waals surface area contributed by atoms with Gasteiger partial charge in [0.15, 0.2) is 0 Å². The molecule has 1 heteroatoms. The molecule has 21 heavy (non-hydrogen) atoms. The number of benzene rings is 2. The van der Waals surface area contributed by atoms with Crippen molar-refractivity contribution in [2.45, 2.75) is 40.2 Å². The Hall–Kier alpha value is -1.60. The van der Waals surface area contributed by atoms with Gasteiger partial charge >= 0.3 is 0 Å². The van der Waals surface area contributed by atoms with Gasteiger partial charge in [-0.2, -0.15) is 0 Å². The Morgan fingerprint density at radius 1 is 1.00 bits per heavy atom. The summed E-state index contributed by atoms with van der Waals surface area (Å²) in [6.45, 7) is 10.1. The molecule has 110 valence electrons. The molecule has 0 aliphatic heterocycles. The van der Waals surface area contributed by atoms with Crippen LogP contribution in [0.1, 0.15) is 50.4 Å². The van der Waals surface area contributed by atoms with Gasteiger partial charge in [0, 0.05) is 12.6 Å². The summed E-state index contributed by atoms with van der Waals surface area (Å²) in [5.41, 5.74) is 7.47. The summed E-state index contributed by atoms with van der Waals surface area (Å²) in [6, 6.07) is 16.1. The van der Waals surface area contributed by atoms with Gasteiger partial charge in [0.05, 0.1) is 0 Å². The molecule has 0 aromatic heterocycles. The van der Waals surface area contributed by atoms with Crippen LogP contribution in [0.3, 0.4) is 0 Å². The highest BCUT2D eigenvalue weighted by Crippen LogP contribution is 2.37. The van der Waals surface area contributed by atoms with Crippen LogP contribution in [0.4, 0.5) is 0 Å². The fourth-order valence-electron chi connectivity index (χ4n) is 3.01. The monoisotopic (exact) mass is 279 g/mol. The lowest BCUT2D eigenvalue weighted by molar-refractivity contribution is 0.359. The number of hydrogen-bond donors (Lipinski definition) is 1.